The molecule has 25 heavy (non-hydrogen) atoms. The standard InChI is InChI=1S/C19H21ClN2O2.ClH/c1-22(2)18-10-13-9-16(23-3)17(24-4)11-15(13)19(21-18)12-5-7-14(20)8-6-12;/h5-9,11,19H,10H2,1-4H3;1H. The van der Waals surface area contributed by atoms with Gasteiger partial charge in [-0.15, -0.1) is 12.4 Å². The molecular formula is C19H22Cl2N2O2. The molecule has 0 radical (unpaired) electrons. The molecule has 0 spiro atoms. The van der Waals surface area contributed by atoms with Gasteiger partial charge in [-0.1, -0.05) is 23.7 Å². The first-order chi connectivity index (χ1) is 11.5. The number of amidine groups is 1. The first kappa shape index (κ1) is 19.4. The van der Waals surface area contributed by atoms with E-state index in [9.17, 15) is 0 Å². The van der Waals surface area contributed by atoms with Gasteiger partial charge in [-0.05, 0) is 41.0 Å². The zero-order chi connectivity index (χ0) is 17.3. The molecule has 1 aliphatic heterocycles. The van der Waals surface area contributed by atoms with Crippen LogP contribution in [0.15, 0.2) is 41.4 Å². The number of fused-ring (bicyclic) bond motifs is 1. The molecular weight excluding hydrogens is 359 g/mol. The number of halogens is 2. The molecule has 3 rings (SSSR count). The lowest BCUT2D eigenvalue weighted by Gasteiger charge is -2.28. The number of aliphatic imine (C=N–C) groups is 1. The van der Waals surface area contributed by atoms with Crippen LogP contribution in [0.5, 0.6) is 11.5 Å². The molecule has 0 aromatic heterocycles. The number of rotatable bonds is 3. The number of likely N-dealkylation sites (N-methyl/N-ethyl adjacent to an activating group) is 1. The number of ether oxygens (including phenoxy) is 2. The van der Waals surface area contributed by atoms with Gasteiger partial charge in [0.25, 0.3) is 0 Å². The molecule has 1 atom stereocenters. The minimum Gasteiger partial charge on any atom is -0.493 e. The van der Waals surface area contributed by atoms with Crippen LogP contribution >= 0.6 is 24.0 Å². The quantitative estimate of drug-likeness (QED) is 0.791. The zero-order valence-electron chi connectivity index (χ0n) is 14.7. The average Bonchev–Trinajstić information content (AvgIpc) is 2.60. The topological polar surface area (TPSA) is 34.1 Å². The number of benzene rings is 2. The molecule has 2 aromatic carbocycles. The van der Waals surface area contributed by atoms with Crippen molar-refractivity contribution in [3.63, 3.8) is 0 Å². The van der Waals surface area contributed by atoms with Crippen molar-refractivity contribution in [2.75, 3.05) is 28.3 Å². The molecule has 1 aliphatic rings. The molecule has 0 amide bonds. The van der Waals surface area contributed by atoms with Gasteiger partial charge in [0.05, 0.1) is 14.2 Å². The van der Waals surface area contributed by atoms with E-state index in [0.29, 0.717) is 0 Å². The molecule has 0 fully saturated rings. The average molecular weight is 381 g/mol. The van der Waals surface area contributed by atoms with Crippen LogP contribution in [0.1, 0.15) is 22.7 Å². The maximum absolute atomic E-state index is 6.04. The van der Waals surface area contributed by atoms with E-state index in [-0.39, 0.29) is 18.4 Å². The van der Waals surface area contributed by atoms with Crippen LogP contribution in [0.2, 0.25) is 5.02 Å². The lowest BCUT2D eigenvalue weighted by Crippen LogP contribution is -2.28. The largest absolute Gasteiger partial charge is 0.493 e. The van der Waals surface area contributed by atoms with E-state index in [2.05, 4.69) is 11.0 Å². The van der Waals surface area contributed by atoms with E-state index >= 15 is 0 Å². The monoisotopic (exact) mass is 380 g/mol. The Morgan fingerprint density at radius 3 is 2.20 bits per heavy atom. The van der Waals surface area contributed by atoms with Crippen LogP contribution in [-0.4, -0.2) is 39.1 Å². The van der Waals surface area contributed by atoms with Crippen molar-refractivity contribution in [2.45, 2.75) is 12.5 Å². The summed E-state index contributed by atoms with van der Waals surface area (Å²) in [6.45, 7) is 0. The first-order valence-corrected chi connectivity index (χ1v) is 8.15. The molecule has 0 N–H and O–H groups in total. The summed E-state index contributed by atoms with van der Waals surface area (Å²) in [5.74, 6) is 2.50. The van der Waals surface area contributed by atoms with Gasteiger partial charge in [-0.2, -0.15) is 0 Å². The van der Waals surface area contributed by atoms with Crippen LogP contribution in [-0.2, 0) is 6.42 Å². The second-order valence-electron chi connectivity index (χ2n) is 5.98. The summed E-state index contributed by atoms with van der Waals surface area (Å²) in [7, 11) is 7.34. The van der Waals surface area contributed by atoms with Crippen LogP contribution in [0.3, 0.4) is 0 Å². The third-order valence-corrected chi connectivity index (χ3v) is 4.52. The molecule has 6 heteroatoms. The highest BCUT2D eigenvalue weighted by Gasteiger charge is 2.26. The van der Waals surface area contributed by atoms with Gasteiger partial charge in [0, 0.05) is 25.5 Å². The fourth-order valence-corrected chi connectivity index (χ4v) is 3.08. The van der Waals surface area contributed by atoms with Crippen molar-refractivity contribution < 1.29 is 9.47 Å². The van der Waals surface area contributed by atoms with E-state index in [1.54, 1.807) is 14.2 Å². The van der Waals surface area contributed by atoms with Crippen LogP contribution in [0.4, 0.5) is 0 Å². The molecule has 134 valence electrons. The van der Waals surface area contributed by atoms with Crippen molar-refractivity contribution >= 4 is 29.8 Å². The van der Waals surface area contributed by atoms with Gasteiger partial charge in [0.2, 0.25) is 0 Å². The number of methoxy groups -OCH3 is 2. The van der Waals surface area contributed by atoms with Crippen molar-refractivity contribution in [1.82, 2.24) is 4.90 Å². The molecule has 1 unspecified atom stereocenters. The summed E-state index contributed by atoms with van der Waals surface area (Å²) >= 11 is 6.04. The highest BCUT2D eigenvalue weighted by molar-refractivity contribution is 6.30. The predicted octanol–water partition coefficient (Wildman–Crippen LogP) is 4.38. The first-order valence-electron chi connectivity index (χ1n) is 7.77. The second-order valence-corrected chi connectivity index (χ2v) is 6.41. The van der Waals surface area contributed by atoms with Crippen molar-refractivity contribution in [3.05, 3.63) is 58.1 Å². The normalized spacial score (nSPS) is 15.6. The Morgan fingerprint density at radius 2 is 1.64 bits per heavy atom. The van der Waals surface area contributed by atoms with E-state index in [1.165, 1.54) is 5.56 Å². The molecule has 2 aromatic rings. The lowest BCUT2D eigenvalue weighted by molar-refractivity contribution is 0.354. The van der Waals surface area contributed by atoms with Crippen molar-refractivity contribution in [2.24, 2.45) is 4.99 Å². The summed E-state index contributed by atoms with van der Waals surface area (Å²) in [6, 6.07) is 11.8. The number of hydrogen-bond donors (Lipinski definition) is 0. The summed E-state index contributed by atoms with van der Waals surface area (Å²) in [4.78, 5) is 7.01. The number of nitrogens with zero attached hydrogens (tertiary/aromatic N) is 2. The molecule has 1 heterocycles. The third-order valence-electron chi connectivity index (χ3n) is 4.27. The van der Waals surface area contributed by atoms with Gasteiger partial charge in [0.15, 0.2) is 11.5 Å². The molecule has 0 saturated heterocycles. The second kappa shape index (κ2) is 7.98. The van der Waals surface area contributed by atoms with E-state index in [4.69, 9.17) is 26.1 Å². The summed E-state index contributed by atoms with van der Waals surface area (Å²) in [5.41, 5.74) is 3.44. The smallest absolute Gasteiger partial charge is 0.161 e. The van der Waals surface area contributed by atoms with E-state index in [1.807, 2.05) is 44.4 Å². The van der Waals surface area contributed by atoms with E-state index < -0.39 is 0 Å². The lowest BCUT2D eigenvalue weighted by atomic mass is 9.90. The molecule has 0 bridgehead atoms. The minimum absolute atomic E-state index is 0. The molecule has 4 nitrogen and oxygen atoms in total. The highest BCUT2D eigenvalue weighted by Crippen LogP contribution is 2.40. The van der Waals surface area contributed by atoms with Gasteiger partial charge in [-0.25, -0.2) is 0 Å². The molecule has 0 aliphatic carbocycles. The SMILES string of the molecule is COc1cc2c(cc1OC)C(c1ccc(Cl)cc1)N=C(N(C)C)C2.Cl. The van der Waals surface area contributed by atoms with Gasteiger partial charge < -0.3 is 14.4 Å². The highest BCUT2D eigenvalue weighted by atomic mass is 35.5. The minimum atomic E-state index is -0.0803. The Hall–Kier alpha value is -1.91. The Morgan fingerprint density at radius 1 is 1.04 bits per heavy atom. The fraction of sp³-hybridized carbons (Fsp3) is 0.316. The van der Waals surface area contributed by atoms with Gasteiger partial charge in [-0.3, -0.25) is 4.99 Å². The Bertz CT molecular complexity index is 774. The maximum Gasteiger partial charge on any atom is 0.161 e. The molecule has 0 saturated carbocycles. The summed E-state index contributed by atoms with van der Waals surface area (Å²) in [6.07, 6.45) is 0.771. The fourth-order valence-electron chi connectivity index (χ4n) is 2.95. The van der Waals surface area contributed by atoms with Gasteiger partial charge >= 0.3 is 0 Å². The summed E-state index contributed by atoms with van der Waals surface area (Å²) in [5, 5.41) is 0.721. The maximum atomic E-state index is 6.04. The number of hydrogen-bond acceptors (Lipinski definition) is 4. The summed E-state index contributed by atoms with van der Waals surface area (Å²) < 4.78 is 10.9. The van der Waals surface area contributed by atoms with E-state index in [0.717, 1.165) is 39.9 Å². The predicted molar refractivity (Wildman–Crippen MR) is 105 cm³/mol. The van der Waals surface area contributed by atoms with Gasteiger partial charge in [0.1, 0.15) is 11.9 Å². The van der Waals surface area contributed by atoms with Crippen LogP contribution in [0.25, 0.3) is 0 Å². The zero-order valence-corrected chi connectivity index (χ0v) is 16.3. The van der Waals surface area contributed by atoms with Crippen molar-refractivity contribution in [1.29, 1.82) is 0 Å². The van der Waals surface area contributed by atoms with Crippen LogP contribution in [0, 0.1) is 0 Å². The van der Waals surface area contributed by atoms with Crippen LogP contribution < -0.4 is 9.47 Å². The Balaban J connectivity index is 0.00000225. The third kappa shape index (κ3) is 3.86. The Labute approximate surface area is 159 Å². The Kier molecular flexibility index (Phi) is 6.20. The van der Waals surface area contributed by atoms with Crippen molar-refractivity contribution in [3.8, 4) is 11.5 Å².